The second-order valence-electron chi connectivity index (χ2n) is 5.86. The maximum Gasteiger partial charge on any atom is 0.252 e. The highest BCUT2D eigenvalue weighted by atomic mass is 32.2. The lowest BCUT2D eigenvalue weighted by atomic mass is 9.79. The summed E-state index contributed by atoms with van der Waals surface area (Å²) in [5.41, 5.74) is 0.192. The van der Waals surface area contributed by atoms with Crippen LogP contribution >= 0.6 is 11.3 Å². The van der Waals surface area contributed by atoms with E-state index in [9.17, 15) is 8.42 Å². The average Bonchev–Trinajstić information content (AvgIpc) is 2.99. The number of thiophene rings is 1. The summed E-state index contributed by atoms with van der Waals surface area (Å²) in [6.45, 7) is 3.54. The normalized spacial score (nSPS) is 30.2. The molecule has 0 bridgehead atoms. The third-order valence-electron chi connectivity index (χ3n) is 4.34. The predicted molar refractivity (Wildman–Crippen MR) is 76.9 cm³/mol. The van der Waals surface area contributed by atoms with Gasteiger partial charge >= 0.3 is 0 Å². The van der Waals surface area contributed by atoms with Gasteiger partial charge in [-0.3, -0.25) is 0 Å². The van der Waals surface area contributed by atoms with Crippen LogP contribution in [0, 0.1) is 5.41 Å². The molecule has 106 valence electrons. The Balaban J connectivity index is 1.79. The number of likely N-dealkylation sites (tertiary alicyclic amines) is 1. The van der Waals surface area contributed by atoms with Gasteiger partial charge in [0.15, 0.2) is 0 Å². The van der Waals surface area contributed by atoms with E-state index >= 15 is 0 Å². The van der Waals surface area contributed by atoms with Gasteiger partial charge in [0.05, 0.1) is 0 Å². The van der Waals surface area contributed by atoms with Gasteiger partial charge in [0, 0.05) is 19.6 Å². The van der Waals surface area contributed by atoms with Crippen molar-refractivity contribution in [2.45, 2.75) is 23.5 Å². The van der Waals surface area contributed by atoms with E-state index in [0.29, 0.717) is 17.3 Å². The van der Waals surface area contributed by atoms with Crippen LogP contribution in [0.4, 0.5) is 0 Å². The van der Waals surface area contributed by atoms with E-state index in [-0.39, 0.29) is 5.41 Å². The lowest BCUT2D eigenvalue weighted by molar-refractivity contribution is 0.121. The Bertz CT molecular complexity index is 541. The Kier molecular flexibility index (Phi) is 3.45. The number of hydrogen-bond acceptors (Lipinski definition) is 4. The first-order valence-corrected chi connectivity index (χ1v) is 9.06. The minimum Gasteiger partial charge on any atom is -0.306 e. The second kappa shape index (κ2) is 4.84. The van der Waals surface area contributed by atoms with Crippen LogP contribution in [-0.2, 0) is 10.0 Å². The number of hydrogen-bond donors (Lipinski definition) is 0. The van der Waals surface area contributed by atoms with E-state index in [4.69, 9.17) is 0 Å². The number of sulfonamides is 1. The van der Waals surface area contributed by atoms with Crippen molar-refractivity contribution in [3.8, 4) is 0 Å². The molecule has 0 saturated carbocycles. The van der Waals surface area contributed by atoms with Crippen molar-refractivity contribution in [3.05, 3.63) is 17.5 Å². The van der Waals surface area contributed by atoms with E-state index in [0.717, 1.165) is 25.9 Å². The minimum atomic E-state index is -3.25. The van der Waals surface area contributed by atoms with Gasteiger partial charge in [0.25, 0.3) is 10.0 Å². The topological polar surface area (TPSA) is 40.6 Å². The maximum atomic E-state index is 12.5. The fraction of sp³-hybridized carbons (Fsp3) is 0.692. The molecule has 1 atom stereocenters. The van der Waals surface area contributed by atoms with E-state index in [1.807, 2.05) is 5.38 Å². The van der Waals surface area contributed by atoms with Crippen LogP contribution in [0.2, 0.25) is 0 Å². The van der Waals surface area contributed by atoms with Crippen molar-refractivity contribution in [2.75, 3.05) is 33.2 Å². The Morgan fingerprint density at radius 2 is 2.11 bits per heavy atom. The van der Waals surface area contributed by atoms with Crippen LogP contribution in [0.5, 0.6) is 0 Å². The molecule has 2 aliphatic heterocycles. The first kappa shape index (κ1) is 13.5. The maximum absolute atomic E-state index is 12.5. The molecule has 4 nitrogen and oxygen atoms in total. The Morgan fingerprint density at radius 1 is 1.26 bits per heavy atom. The van der Waals surface area contributed by atoms with Crippen molar-refractivity contribution >= 4 is 21.4 Å². The molecule has 0 amide bonds. The molecule has 0 aliphatic carbocycles. The SMILES string of the molecule is CN1CCCC2(CCN(S(=O)(=O)c3cccs3)C2)C1. The molecule has 3 heterocycles. The molecule has 3 rings (SSSR count). The summed E-state index contributed by atoms with van der Waals surface area (Å²) < 4.78 is 27.2. The Hall–Kier alpha value is -0.430. The van der Waals surface area contributed by atoms with Crippen molar-refractivity contribution in [1.29, 1.82) is 0 Å². The molecule has 2 saturated heterocycles. The van der Waals surface area contributed by atoms with Crippen LogP contribution in [0.15, 0.2) is 21.7 Å². The summed E-state index contributed by atoms with van der Waals surface area (Å²) in [4.78, 5) is 2.34. The first-order chi connectivity index (χ1) is 9.02. The number of nitrogens with zero attached hydrogens (tertiary/aromatic N) is 2. The molecule has 1 spiro atoms. The lowest BCUT2D eigenvalue weighted by Gasteiger charge is -2.38. The molecule has 19 heavy (non-hydrogen) atoms. The molecule has 0 N–H and O–H groups in total. The van der Waals surface area contributed by atoms with Gasteiger partial charge in [-0.1, -0.05) is 6.07 Å². The highest BCUT2D eigenvalue weighted by Gasteiger charge is 2.44. The van der Waals surface area contributed by atoms with Gasteiger partial charge in [-0.05, 0) is 49.7 Å². The fourth-order valence-corrected chi connectivity index (χ4v) is 6.12. The van der Waals surface area contributed by atoms with Crippen molar-refractivity contribution in [1.82, 2.24) is 9.21 Å². The van der Waals surface area contributed by atoms with Gasteiger partial charge in [-0.2, -0.15) is 4.31 Å². The summed E-state index contributed by atoms with van der Waals surface area (Å²) in [5.74, 6) is 0. The molecule has 2 aliphatic rings. The summed E-state index contributed by atoms with van der Waals surface area (Å²) >= 11 is 1.31. The monoisotopic (exact) mass is 300 g/mol. The smallest absolute Gasteiger partial charge is 0.252 e. The van der Waals surface area contributed by atoms with Crippen molar-refractivity contribution in [3.63, 3.8) is 0 Å². The predicted octanol–water partition coefficient (Wildman–Crippen LogP) is 1.85. The highest BCUT2D eigenvalue weighted by Crippen LogP contribution is 2.40. The molecule has 2 fully saturated rings. The van der Waals surface area contributed by atoms with E-state index in [1.54, 1.807) is 16.4 Å². The fourth-order valence-electron chi connectivity index (χ4n) is 3.42. The molecule has 1 aromatic rings. The second-order valence-corrected chi connectivity index (χ2v) is 8.97. The lowest BCUT2D eigenvalue weighted by Crippen LogP contribution is -2.43. The third kappa shape index (κ3) is 2.46. The van der Waals surface area contributed by atoms with Crippen molar-refractivity contribution < 1.29 is 8.42 Å². The molecule has 1 aromatic heterocycles. The quantitative estimate of drug-likeness (QED) is 0.837. The van der Waals surface area contributed by atoms with E-state index in [1.165, 1.54) is 17.8 Å². The molecule has 1 unspecified atom stereocenters. The summed E-state index contributed by atoms with van der Waals surface area (Å²) in [6.07, 6.45) is 3.35. The van der Waals surface area contributed by atoms with Gasteiger partial charge in [-0.15, -0.1) is 11.3 Å². The zero-order valence-corrected chi connectivity index (χ0v) is 12.8. The van der Waals surface area contributed by atoms with E-state index in [2.05, 4.69) is 11.9 Å². The molecular weight excluding hydrogens is 280 g/mol. The summed E-state index contributed by atoms with van der Waals surface area (Å²) in [6, 6.07) is 3.51. The van der Waals surface area contributed by atoms with Crippen LogP contribution in [-0.4, -0.2) is 50.8 Å². The van der Waals surface area contributed by atoms with Crippen LogP contribution in [0.3, 0.4) is 0 Å². The zero-order chi connectivity index (χ0) is 13.5. The number of rotatable bonds is 2. The Morgan fingerprint density at radius 3 is 2.79 bits per heavy atom. The van der Waals surface area contributed by atoms with E-state index < -0.39 is 10.0 Å². The largest absolute Gasteiger partial charge is 0.306 e. The molecule has 0 radical (unpaired) electrons. The molecule has 0 aromatic carbocycles. The minimum absolute atomic E-state index is 0.192. The standard InChI is InChI=1S/C13H20N2O2S2/c1-14-7-3-5-13(10-14)6-8-15(11-13)19(16,17)12-4-2-9-18-12/h2,4,9H,3,5-8,10-11H2,1H3. The third-order valence-corrected chi connectivity index (χ3v) is 7.56. The molecular formula is C13H20N2O2S2. The zero-order valence-electron chi connectivity index (χ0n) is 11.2. The van der Waals surface area contributed by atoms with Gasteiger partial charge in [0.1, 0.15) is 4.21 Å². The number of piperidine rings is 1. The van der Waals surface area contributed by atoms with Gasteiger partial charge in [0.2, 0.25) is 0 Å². The van der Waals surface area contributed by atoms with Crippen molar-refractivity contribution in [2.24, 2.45) is 5.41 Å². The Labute approximate surface area is 119 Å². The summed E-state index contributed by atoms with van der Waals surface area (Å²) in [5, 5.41) is 1.83. The van der Waals surface area contributed by atoms with Crippen LogP contribution < -0.4 is 0 Å². The highest BCUT2D eigenvalue weighted by molar-refractivity contribution is 7.91. The van der Waals surface area contributed by atoms with Gasteiger partial charge < -0.3 is 4.90 Å². The molecule has 6 heteroatoms. The summed E-state index contributed by atoms with van der Waals surface area (Å²) in [7, 11) is -1.12. The van der Waals surface area contributed by atoms with Crippen LogP contribution in [0.1, 0.15) is 19.3 Å². The first-order valence-electron chi connectivity index (χ1n) is 6.74. The average molecular weight is 300 g/mol. The van der Waals surface area contributed by atoms with Gasteiger partial charge in [-0.25, -0.2) is 8.42 Å². The van der Waals surface area contributed by atoms with Crippen LogP contribution in [0.25, 0.3) is 0 Å².